The topological polar surface area (TPSA) is 59.3 Å². The molecule has 0 aliphatic heterocycles. The molecule has 0 fully saturated rings. The zero-order valence-corrected chi connectivity index (χ0v) is 13.0. The summed E-state index contributed by atoms with van der Waals surface area (Å²) >= 11 is 6.21. The third-order valence-corrected chi connectivity index (χ3v) is 3.54. The molecule has 6 heteroatoms. The monoisotopic (exact) mass is 314 g/mol. The van der Waals surface area contributed by atoms with E-state index >= 15 is 0 Å². The van der Waals surface area contributed by atoms with Crippen LogP contribution in [0.1, 0.15) is 24.2 Å². The molecule has 0 unspecified atom stereocenters. The first-order valence-electron chi connectivity index (χ1n) is 6.97. The molecule has 3 aromatic rings. The van der Waals surface area contributed by atoms with Gasteiger partial charge in [-0.05, 0) is 38.1 Å². The van der Waals surface area contributed by atoms with E-state index in [-0.39, 0.29) is 11.9 Å². The van der Waals surface area contributed by atoms with Gasteiger partial charge in [-0.25, -0.2) is 0 Å². The summed E-state index contributed by atoms with van der Waals surface area (Å²) in [5.74, 6) is 0.524. The van der Waals surface area contributed by atoms with Gasteiger partial charge in [0, 0.05) is 23.4 Å². The molecule has 2 aromatic heterocycles. The third kappa shape index (κ3) is 2.67. The van der Waals surface area contributed by atoms with Gasteiger partial charge in [0.25, 0.3) is 5.91 Å². The van der Waals surface area contributed by atoms with E-state index in [0.29, 0.717) is 22.1 Å². The number of fused-ring (bicyclic) bond motifs is 1. The first-order valence-corrected chi connectivity index (χ1v) is 7.34. The SMILES string of the molecule is CC(C)NC(=O)c1ccn2c(-c3ccccc3Cl)nnc2c1. The first-order chi connectivity index (χ1) is 10.6. The summed E-state index contributed by atoms with van der Waals surface area (Å²) in [7, 11) is 0. The van der Waals surface area contributed by atoms with E-state index in [9.17, 15) is 4.79 Å². The number of benzene rings is 1. The zero-order valence-electron chi connectivity index (χ0n) is 12.2. The van der Waals surface area contributed by atoms with Crippen LogP contribution in [0.5, 0.6) is 0 Å². The number of carbonyl (C=O) groups excluding carboxylic acids is 1. The molecule has 22 heavy (non-hydrogen) atoms. The van der Waals surface area contributed by atoms with Gasteiger partial charge < -0.3 is 5.32 Å². The maximum absolute atomic E-state index is 12.0. The van der Waals surface area contributed by atoms with Gasteiger partial charge in [0.2, 0.25) is 0 Å². The van der Waals surface area contributed by atoms with Crippen molar-refractivity contribution in [2.75, 3.05) is 0 Å². The summed E-state index contributed by atoms with van der Waals surface area (Å²) in [6, 6.07) is 11.0. The van der Waals surface area contributed by atoms with Crippen LogP contribution in [0.25, 0.3) is 17.0 Å². The molecule has 0 aliphatic rings. The van der Waals surface area contributed by atoms with Gasteiger partial charge in [0.1, 0.15) is 0 Å². The van der Waals surface area contributed by atoms with E-state index in [2.05, 4.69) is 15.5 Å². The third-order valence-electron chi connectivity index (χ3n) is 3.21. The average molecular weight is 315 g/mol. The summed E-state index contributed by atoms with van der Waals surface area (Å²) in [5.41, 5.74) is 1.96. The van der Waals surface area contributed by atoms with Crippen LogP contribution in [0.3, 0.4) is 0 Å². The maximum atomic E-state index is 12.0. The minimum Gasteiger partial charge on any atom is -0.350 e. The number of amides is 1. The van der Waals surface area contributed by atoms with Crippen LogP contribution in [0, 0.1) is 0 Å². The molecule has 0 saturated carbocycles. The minimum absolute atomic E-state index is 0.0836. The lowest BCUT2D eigenvalue weighted by Gasteiger charge is -2.08. The molecule has 112 valence electrons. The highest BCUT2D eigenvalue weighted by Gasteiger charge is 2.13. The fourth-order valence-electron chi connectivity index (χ4n) is 2.20. The van der Waals surface area contributed by atoms with E-state index in [1.807, 2.05) is 42.5 Å². The van der Waals surface area contributed by atoms with Gasteiger partial charge in [-0.3, -0.25) is 9.20 Å². The number of rotatable bonds is 3. The molecule has 3 rings (SSSR count). The Morgan fingerprint density at radius 1 is 1.23 bits per heavy atom. The summed E-state index contributed by atoms with van der Waals surface area (Å²) in [5, 5.41) is 11.8. The predicted octanol–water partition coefficient (Wildman–Crippen LogP) is 3.19. The Balaban J connectivity index is 2.04. The highest BCUT2D eigenvalue weighted by Crippen LogP contribution is 2.26. The summed E-state index contributed by atoms with van der Waals surface area (Å²) in [4.78, 5) is 12.0. The number of aromatic nitrogens is 3. The number of carbonyl (C=O) groups is 1. The Kier molecular flexibility index (Phi) is 3.81. The van der Waals surface area contributed by atoms with Gasteiger partial charge in [0.05, 0.1) is 5.02 Å². The quantitative estimate of drug-likeness (QED) is 0.807. The Morgan fingerprint density at radius 3 is 2.73 bits per heavy atom. The van der Waals surface area contributed by atoms with Crippen molar-refractivity contribution >= 4 is 23.2 Å². The summed E-state index contributed by atoms with van der Waals surface area (Å²) < 4.78 is 1.81. The normalized spacial score (nSPS) is 11.1. The molecule has 5 nitrogen and oxygen atoms in total. The van der Waals surface area contributed by atoms with E-state index in [4.69, 9.17) is 11.6 Å². The Hall–Kier alpha value is -2.40. The van der Waals surface area contributed by atoms with Gasteiger partial charge in [-0.15, -0.1) is 10.2 Å². The highest BCUT2D eigenvalue weighted by atomic mass is 35.5. The number of nitrogens with zero attached hydrogens (tertiary/aromatic N) is 3. The van der Waals surface area contributed by atoms with Crippen LogP contribution < -0.4 is 5.32 Å². The second-order valence-corrected chi connectivity index (χ2v) is 5.68. The number of nitrogens with one attached hydrogen (secondary N) is 1. The Morgan fingerprint density at radius 2 is 2.00 bits per heavy atom. The van der Waals surface area contributed by atoms with Crippen molar-refractivity contribution in [2.45, 2.75) is 19.9 Å². The number of hydrogen-bond acceptors (Lipinski definition) is 3. The van der Waals surface area contributed by atoms with E-state index in [1.165, 1.54) is 0 Å². The van der Waals surface area contributed by atoms with Gasteiger partial charge in [-0.1, -0.05) is 23.7 Å². The van der Waals surface area contributed by atoms with Gasteiger partial charge in [-0.2, -0.15) is 0 Å². The molecule has 0 bridgehead atoms. The molecule has 1 aromatic carbocycles. The van der Waals surface area contributed by atoms with Crippen LogP contribution in [0.2, 0.25) is 5.02 Å². The zero-order chi connectivity index (χ0) is 15.7. The Labute approximate surface area is 132 Å². The lowest BCUT2D eigenvalue weighted by Crippen LogP contribution is -2.30. The van der Waals surface area contributed by atoms with E-state index < -0.39 is 0 Å². The second-order valence-electron chi connectivity index (χ2n) is 5.28. The molecule has 0 spiro atoms. The fraction of sp³-hybridized carbons (Fsp3) is 0.188. The van der Waals surface area contributed by atoms with Gasteiger partial charge in [0.15, 0.2) is 11.5 Å². The van der Waals surface area contributed by atoms with Crippen molar-refractivity contribution in [2.24, 2.45) is 0 Å². The average Bonchev–Trinajstić information content (AvgIpc) is 2.90. The first kappa shape index (κ1) is 14.5. The summed E-state index contributed by atoms with van der Waals surface area (Å²) in [6.07, 6.45) is 1.78. The smallest absolute Gasteiger partial charge is 0.251 e. The molecule has 0 saturated heterocycles. The molecule has 2 heterocycles. The predicted molar refractivity (Wildman–Crippen MR) is 86.0 cm³/mol. The molecule has 1 amide bonds. The van der Waals surface area contributed by atoms with Crippen LogP contribution in [0.15, 0.2) is 42.6 Å². The molecule has 0 atom stereocenters. The number of pyridine rings is 1. The van der Waals surface area contributed by atoms with Crippen LogP contribution in [-0.2, 0) is 0 Å². The van der Waals surface area contributed by atoms with Crippen molar-refractivity contribution in [1.82, 2.24) is 19.9 Å². The van der Waals surface area contributed by atoms with Crippen molar-refractivity contribution < 1.29 is 4.79 Å². The molecule has 0 radical (unpaired) electrons. The molecular weight excluding hydrogens is 300 g/mol. The molecule has 1 N–H and O–H groups in total. The van der Waals surface area contributed by atoms with Crippen molar-refractivity contribution in [3.63, 3.8) is 0 Å². The summed E-state index contributed by atoms with van der Waals surface area (Å²) in [6.45, 7) is 3.84. The van der Waals surface area contributed by atoms with Gasteiger partial charge >= 0.3 is 0 Å². The lowest BCUT2D eigenvalue weighted by atomic mass is 10.2. The van der Waals surface area contributed by atoms with Crippen LogP contribution in [0.4, 0.5) is 0 Å². The number of halogens is 1. The van der Waals surface area contributed by atoms with Crippen LogP contribution in [-0.4, -0.2) is 26.5 Å². The molecule has 0 aliphatic carbocycles. The van der Waals surface area contributed by atoms with Crippen molar-refractivity contribution in [1.29, 1.82) is 0 Å². The molecular formula is C16H15ClN4O. The second kappa shape index (κ2) is 5.77. The highest BCUT2D eigenvalue weighted by molar-refractivity contribution is 6.33. The largest absolute Gasteiger partial charge is 0.350 e. The lowest BCUT2D eigenvalue weighted by molar-refractivity contribution is 0.0943. The minimum atomic E-state index is -0.125. The van der Waals surface area contributed by atoms with E-state index in [1.54, 1.807) is 18.3 Å². The maximum Gasteiger partial charge on any atom is 0.251 e. The van der Waals surface area contributed by atoms with Crippen molar-refractivity contribution in [3.8, 4) is 11.4 Å². The van der Waals surface area contributed by atoms with Crippen molar-refractivity contribution in [3.05, 3.63) is 53.2 Å². The fourth-order valence-corrected chi connectivity index (χ4v) is 2.42. The standard InChI is InChI=1S/C16H15ClN4O/c1-10(2)18-16(22)11-7-8-21-14(9-11)19-20-15(21)12-5-3-4-6-13(12)17/h3-10H,1-2H3,(H,18,22). The van der Waals surface area contributed by atoms with Crippen LogP contribution >= 0.6 is 11.6 Å². The number of hydrogen-bond donors (Lipinski definition) is 1. The van der Waals surface area contributed by atoms with E-state index in [0.717, 1.165) is 5.56 Å². The Bertz CT molecular complexity index is 841.